The number of hydrogen-bond acceptors (Lipinski definition) is 3. The molecule has 0 radical (unpaired) electrons. The smallest absolute Gasteiger partial charge is 0.309 e. The highest BCUT2D eigenvalue weighted by Crippen LogP contribution is 2.25. The van der Waals surface area contributed by atoms with Gasteiger partial charge >= 0.3 is 11.8 Å². The van der Waals surface area contributed by atoms with Crippen molar-refractivity contribution in [2.24, 2.45) is 0 Å². The van der Waals surface area contributed by atoms with Crippen LogP contribution in [0.1, 0.15) is 25.0 Å². The lowest BCUT2D eigenvalue weighted by Crippen LogP contribution is -2.40. The van der Waals surface area contributed by atoms with Crippen molar-refractivity contribution >= 4 is 22.6 Å². The highest BCUT2D eigenvalue weighted by Gasteiger charge is 2.14. The fourth-order valence-electron chi connectivity index (χ4n) is 2.34. The minimum absolute atomic E-state index is 0.236. The lowest BCUT2D eigenvalue weighted by Gasteiger charge is -2.14. The molecular formula is C17H20N2O3. The van der Waals surface area contributed by atoms with Crippen molar-refractivity contribution in [2.75, 3.05) is 13.1 Å². The van der Waals surface area contributed by atoms with Crippen molar-refractivity contribution in [3.8, 4) is 0 Å². The zero-order valence-corrected chi connectivity index (χ0v) is 12.5. The summed E-state index contributed by atoms with van der Waals surface area (Å²) < 4.78 is 0. The standard InChI is InChI=1S/C17H20N2O3/c1-2-18-16(21)17(22)19-11-10-15(20)14-9-5-7-12-6-3-4-8-13(12)14/h3-9,15,20H,2,10-11H2,1H3,(H,18,21)(H,19,22). The second kappa shape index (κ2) is 7.56. The summed E-state index contributed by atoms with van der Waals surface area (Å²) in [5.74, 6) is -1.32. The second-order valence-corrected chi connectivity index (χ2v) is 4.99. The van der Waals surface area contributed by atoms with Gasteiger partial charge in [0.15, 0.2) is 0 Å². The van der Waals surface area contributed by atoms with Crippen LogP contribution >= 0.6 is 0 Å². The van der Waals surface area contributed by atoms with E-state index in [2.05, 4.69) is 10.6 Å². The van der Waals surface area contributed by atoms with Gasteiger partial charge in [-0.05, 0) is 29.7 Å². The van der Waals surface area contributed by atoms with E-state index in [0.29, 0.717) is 13.0 Å². The van der Waals surface area contributed by atoms with Gasteiger partial charge in [0.25, 0.3) is 0 Å². The molecular weight excluding hydrogens is 280 g/mol. The summed E-state index contributed by atoms with van der Waals surface area (Å²) in [6, 6.07) is 13.6. The molecule has 116 valence electrons. The quantitative estimate of drug-likeness (QED) is 0.733. The van der Waals surface area contributed by atoms with E-state index in [0.717, 1.165) is 16.3 Å². The van der Waals surface area contributed by atoms with E-state index in [1.54, 1.807) is 6.92 Å². The van der Waals surface area contributed by atoms with E-state index < -0.39 is 17.9 Å². The molecule has 2 amide bonds. The third-order valence-corrected chi connectivity index (χ3v) is 3.43. The number of likely N-dealkylation sites (N-methyl/N-ethyl adjacent to an activating group) is 1. The topological polar surface area (TPSA) is 78.4 Å². The number of nitrogens with one attached hydrogen (secondary N) is 2. The molecule has 0 heterocycles. The van der Waals surface area contributed by atoms with Gasteiger partial charge in [-0.25, -0.2) is 0 Å². The molecule has 0 aliphatic heterocycles. The first-order valence-corrected chi connectivity index (χ1v) is 7.35. The summed E-state index contributed by atoms with van der Waals surface area (Å²) in [5, 5.41) is 17.3. The van der Waals surface area contributed by atoms with E-state index >= 15 is 0 Å². The molecule has 22 heavy (non-hydrogen) atoms. The molecule has 5 heteroatoms. The third kappa shape index (κ3) is 3.83. The van der Waals surface area contributed by atoms with E-state index in [4.69, 9.17) is 0 Å². The van der Waals surface area contributed by atoms with Crippen molar-refractivity contribution in [1.29, 1.82) is 0 Å². The molecule has 0 saturated carbocycles. The minimum atomic E-state index is -0.694. The molecule has 0 spiro atoms. The van der Waals surface area contributed by atoms with Gasteiger partial charge in [0, 0.05) is 13.1 Å². The lowest BCUT2D eigenvalue weighted by atomic mass is 9.99. The van der Waals surface area contributed by atoms with Crippen LogP contribution in [0.15, 0.2) is 42.5 Å². The fraction of sp³-hybridized carbons (Fsp3) is 0.294. The van der Waals surface area contributed by atoms with Crippen LogP contribution in [0.4, 0.5) is 0 Å². The van der Waals surface area contributed by atoms with Crippen molar-refractivity contribution in [3.63, 3.8) is 0 Å². The Balaban J connectivity index is 1.96. The normalized spacial score (nSPS) is 11.9. The van der Waals surface area contributed by atoms with Gasteiger partial charge in [-0.1, -0.05) is 42.5 Å². The van der Waals surface area contributed by atoms with Crippen molar-refractivity contribution < 1.29 is 14.7 Å². The first-order chi connectivity index (χ1) is 10.6. The molecule has 5 nitrogen and oxygen atoms in total. The number of fused-ring (bicyclic) bond motifs is 1. The Kier molecular flexibility index (Phi) is 5.49. The van der Waals surface area contributed by atoms with Gasteiger partial charge in [-0.15, -0.1) is 0 Å². The third-order valence-electron chi connectivity index (χ3n) is 3.43. The van der Waals surface area contributed by atoms with Crippen LogP contribution in [-0.4, -0.2) is 30.0 Å². The molecule has 0 saturated heterocycles. The summed E-state index contributed by atoms with van der Waals surface area (Å²) in [6.07, 6.45) is -0.347. The lowest BCUT2D eigenvalue weighted by molar-refractivity contribution is -0.139. The summed E-state index contributed by atoms with van der Waals surface area (Å²) in [5.41, 5.74) is 0.824. The van der Waals surface area contributed by atoms with Crippen molar-refractivity contribution in [1.82, 2.24) is 10.6 Å². The Morgan fingerprint density at radius 3 is 2.50 bits per heavy atom. The molecule has 0 aliphatic rings. The highest BCUT2D eigenvalue weighted by atomic mass is 16.3. The van der Waals surface area contributed by atoms with Gasteiger partial charge in [-0.3, -0.25) is 9.59 Å². The van der Waals surface area contributed by atoms with Crippen LogP contribution in [0.2, 0.25) is 0 Å². The molecule has 0 aromatic heterocycles. The Morgan fingerprint density at radius 1 is 1.05 bits per heavy atom. The Morgan fingerprint density at radius 2 is 1.73 bits per heavy atom. The number of aliphatic hydroxyl groups is 1. The van der Waals surface area contributed by atoms with E-state index in [-0.39, 0.29) is 6.54 Å². The summed E-state index contributed by atoms with van der Waals surface area (Å²) in [6.45, 7) is 2.39. The van der Waals surface area contributed by atoms with E-state index in [1.807, 2.05) is 42.5 Å². The molecule has 0 fully saturated rings. The Labute approximate surface area is 129 Å². The molecule has 0 aliphatic carbocycles. The number of rotatable bonds is 5. The van der Waals surface area contributed by atoms with Crippen LogP contribution in [0.3, 0.4) is 0 Å². The van der Waals surface area contributed by atoms with E-state index in [9.17, 15) is 14.7 Å². The average Bonchev–Trinajstić information content (AvgIpc) is 2.54. The van der Waals surface area contributed by atoms with Gasteiger partial charge in [0.2, 0.25) is 0 Å². The average molecular weight is 300 g/mol. The number of carbonyl (C=O) groups excluding carboxylic acids is 2. The van der Waals surface area contributed by atoms with Crippen LogP contribution in [0.25, 0.3) is 10.8 Å². The predicted octanol–water partition coefficient (Wildman–Crippen LogP) is 1.52. The first kappa shape index (κ1) is 16.0. The van der Waals surface area contributed by atoms with E-state index in [1.165, 1.54) is 0 Å². The molecule has 2 rings (SSSR count). The minimum Gasteiger partial charge on any atom is -0.388 e. The number of hydrogen-bond donors (Lipinski definition) is 3. The van der Waals surface area contributed by atoms with Crippen molar-refractivity contribution in [2.45, 2.75) is 19.4 Å². The summed E-state index contributed by atoms with van der Waals surface area (Å²) >= 11 is 0. The Bertz CT molecular complexity index is 665. The number of aliphatic hydroxyl groups excluding tert-OH is 1. The van der Waals surface area contributed by atoms with Gasteiger partial charge < -0.3 is 15.7 Å². The van der Waals surface area contributed by atoms with Crippen LogP contribution in [-0.2, 0) is 9.59 Å². The van der Waals surface area contributed by atoms with Gasteiger partial charge in [0.05, 0.1) is 6.10 Å². The SMILES string of the molecule is CCNC(=O)C(=O)NCCC(O)c1cccc2ccccc12. The highest BCUT2D eigenvalue weighted by molar-refractivity contribution is 6.35. The largest absolute Gasteiger partial charge is 0.388 e. The first-order valence-electron chi connectivity index (χ1n) is 7.35. The number of benzene rings is 2. The van der Waals surface area contributed by atoms with Crippen LogP contribution in [0.5, 0.6) is 0 Å². The summed E-state index contributed by atoms with van der Waals surface area (Å²) in [4.78, 5) is 22.7. The fourth-order valence-corrected chi connectivity index (χ4v) is 2.34. The maximum absolute atomic E-state index is 11.5. The Hall–Kier alpha value is -2.40. The molecule has 0 bridgehead atoms. The second-order valence-electron chi connectivity index (χ2n) is 4.99. The molecule has 3 N–H and O–H groups in total. The molecule has 2 aromatic carbocycles. The zero-order chi connectivity index (χ0) is 15.9. The van der Waals surface area contributed by atoms with Crippen LogP contribution < -0.4 is 10.6 Å². The predicted molar refractivity (Wildman–Crippen MR) is 85.2 cm³/mol. The monoisotopic (exact) mass is 300 g/mol. The number of carbonyl (C=O) groups is 2. The van der Waals surface area contributed by atoms with Gasteiger partial charge in [-0.2, -0.15) is 0 Å². The zero-order valence-electron chi connectivity index (χ0n) is 12.5. The van der Waals surface area contributed by atoms with Crippen molar-refractivity contribution in [3.05, 3.63) is 48.0 Å². The maximum Gasteiger partial charge on any atom is 0.309 e. The summed E-state index contributed by atoms with van der Waals surface area (Å²) in [7, 11) is 0. The number of amides is 2. The van der Waals surface area contributed by atoms with Gasteiger partial charge in [0.1, 0.15) is 0 Å². The van der Waals surface area contributed by atoms with Crippen LogP contribution in [0, 0.1) is 0 Å². The molecule has 2 aromatic rings. The maximum atomic E-state index is 11.5. The molecule has 1 unspecified atom stereocenters. The molecule has 1 atom stereocenters.